The van der Waals surface area contributed by atoms with Crippen molar-refractivity contribution < 1.29 is 14.6 Å². The second kappa shape index (κ2) is 8.73. The van der Waals surface area contributed by atoms with Crippen molar-refractivity contribution in [1.82, 2.24) is 19.5 Å². The zero-order chi connectivity index (χ0) is 21.8. The Hall–Kier alpha value is -3.45. The van der Waals surface area contributed by atoms with E-state index >= 15 is 0 Å². The lowest BCUT2D eigenvalue weighted by Gasteiger charge is -2.13. The van der Waals surface area contributed by atoms with Crippen molar-refractivity contribution in [2.24, 2.45) is 0 Å². The van der Waals surface area contributed by atoms with Gasteiger partial charge < -0.3 is 24.9 Å². The van der Waals surface area contributed by atoms with E-state index in [1.807, 2.05) is 35.0 Å². The molecule has 4 aromatic rings. The van der Waals surface area contributed by atoms with E-state index in [0.717, 1.165) is 11.1 Å². The number of anilines is 1. The SMILES string of the molecule is COCCOc1ccc(-n2ccc3cnc(N)nc32)cc1C#CC(C)(O)c1nccs1. The second-order valence-corrected chi connectivity index (χ2v) is 7.77. The number of aromatic nitrogens is 4. The number of rotatable bonds is 6. The van der Waals surface area contributed by atoms with Crippen molar-refractivity contribution in [2.75, 3.05) is 26.1 Å². The fourth-order valence-corrected chi connectivity index (χ4v) is 3.63. The molecule has 3 N–H and O–H groups in total. The minimum Gasteiger partial charge on any atom is -0.490 e. The highest BCUT2D eigenvalue weighted by Crippen LogP contribution is 2.26. The molecule has 1 atom stereocenters. The molecule has 9 heteroatoms. The largest absolute Gasteiger partial charge is 0.490 e. The van der Waals surface area contributed by atoms with Gasteiger partial charge in [-0.1, -0.05) is 11.8 Å². The summed E-state index contributed by atoms with van der Waals surface area (Å²) >= 11 is 1.35. The van der Waals surface area contributed by atoms with Crippen molar-refractivity contribution in [1.29, 1.82) is 0 Å². The molecule has 0 aliphatic rings. The topological polar surface area (TPSA) is 108 Å². The van der Waals surface area contributed by atoms with E-state index in [4.69, 9.17) is 15.2 Å². The number of thiazole rings is 1. The molecule has 4 rings (SSSR count). The Morgan fingerprint density at radius 3 is 2.90 bits per heavy atom. The quantitative estimate of drug-likeness (QED) is 0.354. The van der Waals surface area contributed by atoms with Crippen LogP contribution in [0.5, 0.6) is 5.75 Å². The molecule has 158 valence electrons. The average Bonchev–Trinajstić information content (AvgIpc) is 3.43. The number of hydrogen-bond donors (Lipinski definition) is 2. The Morgan fingerprint density at radius 2 is 2.13 bits per heavy atom. The third-order valence-electron chi connectivity index (χ3n) is 4.52. The molecule has 0 aliphatic carbocycles. The number of hydrogen-bond acceptors (Lipinski definition) is 8. The maximum absolute atomic E-state index is 10.7. The summed E-state index contributed by atoms with van der Waals surface area (Å²) in [4.78, 5) is 12.5. The third-order valence-corrected chi connectivity index (χ3v) is 5.51. The molecule has 0 spiro atoms. The summed E-state index contributed by atoms with van der Waals surface area (Å²) in [5.41, 5.74) is 6.53. The van der Waals surface area contributed by atoms with E-state index in [0.29, 0.717) is 35.2 Å². The zero-order valence-electron chi connectivity index (χ0n) is 17.1. The number of nitrogens with zero attached hydrogens (tertiary/aromatic N) is 4. The first-order chi connectivity index (χ1) is 15.0. The average molecular weight is 436 g/mol. The summed E-state index contributed by atoms with van der Waals surface area (Å²) in [5.74, 6) is 6.77. The lowest BCUT2D eigenvalue weighted by molar-refractivity contribution is 0.122. The number of methoxy groups -OCH3 is 1. The first-order valence-corrected chi connectivity index (χ1v) is 10.4. The second-order valence-electron chi connectivity index (χ2n) is 6.87. The lowest BCUT2D eigenvalue weighted by Crippen LogP contribution is -2.18. The number of benzene rings is 1. The van der Waals surface area contributed by atoms with Gasteiger partial charge in [-0.05, 0) is 31.2 Å². The van der Waals surface area contributed by atoms with Crippen LogP contribution in [0.25, 0.3) is 16.7 Å². The highest BCUT2D eigenvalue weighted by molar-refractivity contribution is 7.09. The van der Waals surface area contributed by atoms with E-state index in [1.54, 1.807) is 31.8 Å². The Morgan fingerprint density at radius 1 is 1.26 bits per heavy atom. The summed E-state index contributed by atoms with van der Waals surface area (Å²) in [5, 5.41) is 13.9. The summed E-state index contributed by atoms with van der Waals surface area (Å²) in [6.45, 7) is 2.45. The van der Waals surface area contributed by atoms with E-state index in [9.17, 15) is 5.11 Å². The van der Waals surface area contributed by atoms with Gasteiger partial charge in [0.2, 0.25) is 5.95 Å². The Bertz CT molecular complexity index is 1260. The van der Waals surface area contributed by atoms with Gasteiger partial charge in [-0.2, -0.15) is 4.98 Å². The van der Waals surface area contributed by atoms with Crippen LogP contribution in [0.3, 0.4) is 0 Å². The maximum Gasteiger partial charge on any atom is 0.221 e. The summed E-state index contributed by atoms with van der Waals surface area (Å²) in [6.07, 6.45) is 5.21. The van der Waals surface area contributed by atoms with Crippen molar-refractivity contribution >= 4 is 28.3 Å². The van der Waals surface area contributed by atoms with Crippen molar-refractivity contribution in [3.63, 3.8) is 0 Å². The standard InChI is InChI=1S/C22H21N5O3S/c1-22(28,20-24-8-12-31-20)7-5-15-13-17(3-4-18(15)30-11-10-29-2)27-9-6-16-14-25-21(23)26-19(16)27/h3-4,6,8-9,12-14,28H,10-11H2,1-2H3,(H2,23,25,26). The van der Waals surface area contributed by atoms with Crippen LogP contribution in [0, 0.1) is 11.8 Å². The van der Waals surface area contributed by atoms with Gasteiger partial charge in [0.05, 0.1) is 12.2 Å². The molecular formula is C22H21N5O3S. The van der Waals surface area contributed by atoms with Gasteiger partial charge in [-0.15, -0.1) is 11.3 Å². The maximum atomic E-state index is 10.7. The van der Waals surface area contributed by atoms with E-state index < -0.39 is 5.60 Å². The summed E-state index contributed by atoms with van der Waals surface area (Å²) in [6, 6.07) is 7.54. The van der Waals surface area contributed by atoms with E-state index in [2.05, 4.69) is 26.8 Å². The smallest absolute Gasteiger partial charge is 0.221 e. The van der Waals surface area contributed by atoms with Crippen LogP contribution in [0.2, 0.25) is 0 Å². The van der Waals surface area contributed by atoms with Gasteiger partial charge in [0.15, 0.2) is 5.60 Å². The predicted octanol–water partition coefficient (Wildman–Crippen LogP) is 2.74. The molecule has 0 fully saturated rings. The molecule has 0 bridgehead atoms. The molecule has 0 saturated carbocycles. The molecule has 1 aromatic carbocycles. The predicted molar refractivity (Wildman–Crippen MR) is 119 cm³/mol. The lowest BCUT2D eigenvalue weighted by atomic mass is 10.1. The van der Waals surface area contributed by atoms with Crippen LogP contribution in [-0.2, 0) is 10.3 Å². The van der Waals surface area contributed by atoms with Gasteiger partial charge in [0.25, 0.3) is 0 Å². The van der Waals surface area contributed by atoms with Crippen molar-refractivity contribution in [2.45, 2.75) is 12.5 Å². The van der Waals surface area contributed by atoms with Gasteiger partial charge in [-0.3, -0.25) is 0 Å². The van der Waals surface area contributed by atoms with Crippen LogP contribution in [0.4, 0.5) is 5.95 Å². The number of nitrogen functional groups attached to an aromatic ring is 1. The molecule has 0 saturated heterocycles. The first-order valence-electron chi connectivity index (χ1n) is 9.49. The van der Waals surface area contributed by atoms with Crippen molar-refractivity contribution in [3.05, 3.63) is 58.8 Å². The Balaban J connectivity index is 1.76. The van der Waals surface area contributed by atoms with Crippen LogP contribution >= 0.6 is 11.3 Å². The monoisotopic (exact) mass is 435 g/mol. The molecule has 0 amide bonds. The van der Waals surface area contributed by atoms with E-state index in [1.165, 1.54) is 11.3 Å². The fourth-order valence-electron chi connectivity index (χ4n) is 2.97. The third kappa shape index (κ3) is 4.51. The highest BCUT2D eigenvalue weighted by Gasteiger charge is 2.23. The Labute approximate surface area is 183 Å². The Kier molecular flexibility index (Phi) is 5.86. The molecule has 8 nitrogen and oxygen atoms in total. The van der Waals surface area contributed by atoms with Crippen LogP contribution in [0.1, 0.15) is 17.5 Å². The summed E-state index contributed by atoms with van der Waals surface area (Å²) < 4.78 is 12.8. The zero-order valence-corrected chi connectivity index (χ0v) is 17.9. The van der Waals surface area contributed by atoms with Gasteiger partial charge in [-0.25, -0.2) is 9.97 Å². The summed E-state index contributed by atoms with van der Waals surface area (Å²) in [7, 11) is 1.61. The normalized spacial score (nSPS) is 12.9. The minimum absolute atomic E-state index is 0.200. The fraction of sp³-hybridized carbons (Fsp3) is 0.227. The number of ether oxygens (including phenoxy) is 2. The molecular weight excluding hydrogens is 414 g/mol. The number of aliphatic hydroxyl groups is 1. The van der Waals surface area contributed by atoms with Crippen LogP contribution < -0.4 is 10.5 Å². The molecule has 1 unspecified atom stereocenters. The van der Waals surface area contributed by atoms with Gasteiger partial charge in [0, 0.05) is 42.2 Å². The van der Waals surface area contributed by atoms with Gasteiger partial charge >= 0.3 is 0 Å². The van der Waals surface area contributed by atoms with Crippen molar-refractivity contribution in [3.8, 4) is 23.3 Å². The van der Waals surface area contributed by atoms with Crippen LogP contribution in [0.15, 0.2) is 48.2 Å². The minimum atomic E-state index is -1.38. The number of nitrogens with two attached hydrogens (primary N) is 1. The molecule has 0 aliphatic heterocycles. The molecule has 0 radical (unpaired) electrons. The van der Waals surface area contributed by atoms with Crippen LogP contribution in [-0.4, -0.2) is 44.9 Å². The number of fused-ring (bicyclic) bond motifs is 1. The highest BCUT2D eigenvalue weighted by atomic mass is 32.1. The first kappa shape index (κ1) is 20.8. The molecule has 3 aromatic heterocycles. The molecule has 3 heterocycles. The molecule has 31 heavy (non-hydrogen) atoms. The van der Waals surface area contributed by atoms with E-state index in [-0.39, 0.29) is 5.95 Å². The van der Waals surface area contributed by atoms with Gasteiger partial charge in [0.1, 0.15) is 23.0 Å².